The van der Waals surface area contributed by atoms with Gasteiger partial charge in [-0.15, -0.1) is 0 Å². The summed E-state index contributed by atoms with van der Waals surface area (Å²) in [5.74, 6) is 0.584. The van der Waals surface area contributed by atoms with Crippen LogP contribution < -0.4 is 10.2 Å². The minimum absolute atomic E-state index is 0.0479. The Hall–Kier alpha value is -2.06. The van der Waals surface area contributed by atoms with Crippen LogP contribution in [-0.4, -0.2) is 48.3 Å². The number of aromatic nitrogens is 2. The first-order chi connectivity index (χ1) is 16.4. The third kappa shape index (κ3) is 4.71. The van der Waals surface area contributed by atoms with Crippen LogP contribution in [0.4, 0.5) is 10.3 Å². The van der Waals surface area contributed by atoms with E-state index >= 15 is 0 Å². The van der Waals surface area contributed by atoms with Gasteiger partial charge in [-0.05, 0) is 49.6 Å². The highest BCUT2D eigenvalue weighted by Crippen LogP contribution is 2.35. The van der Waals surface area contributed by atoms with E-state index in [4.69, 9.17) is 44.5 Å². The molecule has 2 aliphatic heterocycles. The van der Waals surface area contributed by atoms with Crippen LogP contribution in [0.25, 0.3) is 16.7 Å². The Balaban J connectivity index is 1.39. The van der Waals surface area contributed by atoms with Crippen LogP contribution in [0.5, 0.6) is 0 Å². The number of nitrogens with zero attached hydrogens (tertiary/aromatic N) is 3. The Bertz CT molecular complexity index is 1220. The number of rotatable bonds is 5. The highest BCUT2D eigenvalue weighted by molar-refractivity contribution is 6.42. The lowest BCUT2D eigenvalue weighted by atomic mass is 9.96. The molecular formula is C24H24Cl3FN4O2. The molecule has 1 atom stereocenters. The Morgan fingerprint density at radius 2 is 1.85 bits per heavy atom. The summed E-state index contributed by atoms with van der Waals surface area (Å²) in [4.78, 5) is 19.6. The molecule has 2 saturated heterocycles. The number of anilines is 1. The maximum atomic E-state index is 14.3. The van der Waals surface area contributed by atoms with E-state index in [2.05, 4.69) is 10.2 Å². The Kier molecular flexibility index (Phi) is 6.89. The fourth-order valence-corrected chi connectivity index (χ4v) is 5.06. The summed E-state index contributed by atoms with van der Waals surface area (Å²) >= 11 is 18.4. The number of fused-ring (bicyclic) bond motifs is 1. The van der Waals surface area contributed by atoms with E-state index in [0.29, 0.717) is 77.7 Å². The van der Waals surface area contributed by atoms with E-state index in [0.717, 1.165) is 13.0 Å². The number of carbonyl (C=O) groups excluding carboxylic acids is 1. The summed E-state index contributed by atoms with van der Waals surface area (Å²) in [6.45, 7) is 3.44. The first kappa shape index (κ1) is 23.7. The summed E-state index contributed by atoms with van der Waals surface area (Å²) in [6.07, 6.45) is 2.40. The minimum Gasteiger partial charge on any atom is -0.381 e. The Morgan fingerprint density at radius 1 is 1.09 bits per heavy atom. The number of hydrogen-bond acceptors (Lipinski definition) is 4. The maximum Gasteiger partial charge on any atom is 0.223 e. The topological polar surface area (TPSA) is 59.4 Å². The molecule has 2 aromatic carbocycles. The number of benzene rings is 2. The lowest BCUT2D eigenvalue weighted by Gasteiger charge is -2.32. The van der Waals surface area contributed by atoms with Gasteiger partial charge >= 0.3 is 0 Å². The Labute approximate surface area is 211 Å². The zero-order chi connectivity index (χ0) is 23.8. The van der Waals surface area contributed by atoms with Crippen LogP contribution in [0.1, 0.15) is 19.3 Å². The van der Waals surface area contributed by atoms with Crippen molar-refractivity contribution >= 4 is 57.7 Å². The molecule has 2 aliphatic rings. The van der Waals surface area contributed by atoms with Crippen molar-refractivity contribution in [3.05, 3.63) is 51.2 Å². The lowest BCUT2D eigenvalue weighted by molar-refractivity contribution is -0.125. The van der Waals surface area contributed by atoms with E-state index in [-0.39, 0.29) is 16.8 Å². The smallest absolute Gasteiger partial charge is 0.223 e. The largest absolute Gasteiger partial charge is 0.381 e. The number of nitrogens with one attached hydrogen (secondary N) is 1. The summed E-state index contributed by atoms with van der Waals surface area (Å²) in [5, 5.41) is 3.92. The fourth-order valence-electron chi connectivity index (χ4n) is 4.63. The van der Waals surface area contributed by atoms with E-state index < -0.39 is 5.82 Å². The van der Waals surface area contributed by atoms with Gasteiger partial charge in [0.1, 0.15) is 5.82 Å². The molecule has 180 valence electrons. The number of ether oxygens (including phenoxy) is 1. The average Bonchev–Trinajstić information content (AvgIpc) is 3.48. The van der Waals surface area contributed by atoms with Crippen molar-refractivity contribution in [2.75, 3.05) is 37.7 Å². The zero-order valence-corrected chi connectivity index (χ0v) is 20.6. The molecule has 3 aromatic rings. The van der Waals surface area contributed by atoms with Gasteiger partial charge in [-0.1, -0.05) is 34.8 Å². The minimum atomic E-state index is -0.518. The molecule has 2 fully saturated rings. The van der Waals surface area contributed by atoms with Gasteiger partial charge in [-0.2, -0.15) is 0 Å². The van der Waals surface area contributed by atoms with Gasteiger partial charge in [-0.3, -0.25) is 9.36 Å². The third-order valence-corrected chi connectivity index (χ3v) is 7.61. The van der Waals surface area contributed by atoms with Crippen LogP contribution in [0.15, 0.2) is 30.3 Å². The van der Waals surface area contributed by atoms with Crippen molar-refractivity contribution in [3.8, 4) is 5.69 Å². The zero-order valence-electron chi connectivity index (χ0n) is 18.4. The van der Waals surface area contributed by atoms with Crippen LogP contribution in [0.2, 0.25) is 15.1 Å². The van der Waals surface area contributed by atoms with E-state index in [1.807, 2.05) is 4.57 Å². The van der Waals surface area contributed by atoms with Crippen molar-refractivity contribution in [2.24, 2.45) is 11.8 Å². The van der Waals surface area contributed by atoms with Crippen molar-refractivity contribution < 1.29 is 13.9 Å². The predicted molar refractivity (Wildman–Crippen MR) is 133 cm³/mol. The molecular weight excluding hydrogens is 502 g/mol. The number of carbonyl (C=O) groups is 1. The molecule has 34 heavy (non-hydrogen) atoms. The molecule has 0 radical (unpaired) electrons. The van der Waals surface area contributed by atoms with Crippen molar-refractivity contribution in [1.82, 2.24) is 14.9 Å². The first-order valence-electron chi connectivity index (χ1n) is 11.3. The second-order valence-corrected chi connectivity index (χ2v) is 10.1. The molecule has 0 aliphatic carbocycles. The monoisotopic (exact) mass is 524 g/mol. The van der Waals surface area contributed by atoms with Crippen molar-refractivity contribution in [1.29, 1.82) is 0 Å². The van der Waals surface area contributed by atoms with Crippen LogP contribution in [-0.2, 0) is 9.53 Å². The molecule has 10 heteroatoms. The van der Waals surface area contributed by atoms with Crippen molar-refractivity contribution in [2.45, 2.75) is 19.3 Å². The van der Waals surface area contributed by atoms with Gasteiger partial charge in [0.15, 0.2) is 0 Å². The maximum absolute atomic E-state index is 14.3. The number of imidazole rings is 1. The summed E-state index contributed by atoms with van der Waals surface area (Å²) in [5.41, 5.74) is 1.94. The van der Waals surface area contributed by atoms with E-state index in [1.165, 1.54) is 12.1 Å². The van der Waals surface area contributed by atoms with E-state index in [1.54, 1.807) is 18.2 Å². The van der Waals surface area contributed by atoms with Crippen LogP contribution in [0.3, 0.4) is 0 Å². The molecule has 0 spiro atoms. The number of halogens is 4. The van der Waals surface area contributed by atoms with E-state index in [9.17, 15) is 9.18 Å². The third-order valence-electron chi connectivity index (χ3n) is 6.58. The van der Waals surface area contributed by atoms with Crippen LogP contribution >= 0.6 is 34.8 Å². The van der Waals surface area contributed by atoms with Gasteiger partial charge in [0.25, 0.3) is 0 Å². The molecule has 1 unspecified atom stereocenters. The second kappa shape index (κ2) is 9.90. The summed E-state index contributed by atoms with van der Waals surface area (Å²) < 4.78 is 21.6. The average molecular weight is 526 g/mol. The van der Waals surface area contributed by atoms with Gasteiger partial charge in [0.2, 0.25) is 11.9 Å². The molecule has 3 heterocycles. The molecule has 5 rings (SSSR count). The normalized spacial score (nSPS) is 19.2. The molecule has 1 amide bonds. The number of hydrogen-bond donors (Lipinski definition) is 1. The molecule has 0 bridgehead atoms. The quantitative estimate of drug-likeness (QED) is 0.478. The fraction of sp³-hybridized carbons (Fsp3) is 0.417. The van der Waals surface area contributed by atoms with Gasteiger partial charge in [-0.25, -0.2) is 9.37 Å². The SMILES string of the molecule is O=C(NCC1CCOC1)C1CCN(c2nc3cc(Cl)c(Cl)cc3n2-c2ccc(Cl)c(F)c2)CC1. The second-order valence-electron chi connectivity index (χ2n) is 8.84. The standard InChI is InChI=1S/C24H24Cl3FN4O2/c25-17-2-1-16(9-20(17)28)32-22-11-19(27)18(26)10-21(22)30-24(32)31-6-3-15(4-7-31)23(33)29-12-14-5-8-34-13-14/h1-2,9-11,14-15H,3-8,12-13H2,(H,29,33). The predicted octanol–water partition coefficient (Wildman–Crippen LogP) is 5.49. The lowest BCUT2D eigenvalue weighted by Crippen LogP contribution is -2.42. The van der Waals surface area contributed by atoms with Gasteiger partial charge in [0, 0.05) is 38.1 Å². The highest BCUT2D eigenvalue weighted by atomic mass is 35.5. The Morgan fingerprint density at radius 3 is 2.56 bits per heavy atom. The first-order valence-corrected chi connectivity index (χ1v) is 12.5. The molecule has 1 aromatic heterocycles. The highest BCUT2D eigenvalue weighted by Gasteiger charge is 2.29. The number of piperidine rings is 1. The molecule has 0 saturated carbocycles. The van der Waals surface area contributed by atoms with Crippen molar-refractivity contribution in [3.63, 3.8) is 0 Å². The van der Waals surface area contributed by atoms with Gasteiger partial charge < -0.3 is 15.0 Å². The molecule has 6 nitrogen and oxygen atoms in total. The summed E-state index contributed by atoms with van der Waals surface area (Å²) in [7, 11) is 0. The van der Waals surface area contributed by atoms with Gasteiger partial charge in [0.05, 0.1) is 38.4 Å². The molecule has 1 N–H and O–H groups in total. The van der Waals surface area contributed by atoms with Crippen LogP contribution in [0, 0.1) is 17.7 Å². The number of amides is 1. The summed E-state index contributed by atoms with van der Waals surface area (Å²) in [6, 6.07) is 8.08.